The van der Waals surface area contributed by atoms with Gasteiger partial charge in [0.1, 0.15) is 0 Å². The Labute approximate surface area is 122 Å². The van der Waals surface area contributed by atoms with E-state index in [2.05, 4.69) is 55.3 Å². The molecule has 110 valence electrons. The van der Waals surface area contributed by atoms with Crippen molar-refractivity contribution in [1.82, 2.24) is 10.2 Å². The van der Waals surface area contributed by atoms with Gasteiger partial charge >= 0.3 is 0 Å². The van der Waals surface area contributed by atoms with Crippen LogP contribution in [0.2, 0.25) is 0 Å². The summed E-state index contributed by atoms with van der Waals surface area (Å²) in [6.45, 7) is 10.5. The highest BCUT2D eigenvalue weighted by Crippen LogP contribution is 2.36. The van der Waals surface area contributed by atoms with Gasteiger partial charge in [-0.25, -0.2) is 0 Å². The van der Waals surface area contributed by atoms with Gasteiger partial charge in [-0.05, 0) is 37.9 Å². The van der Waals surface area contributed by atoms with Crippen LogP contribution in [0.4, 0.5) is 0 Å². The molecule has 1 N–H and O–H groups in total. The first-order valence-electron chi connectivity index (χ1n) is 7.80. The Kier molecular flexibility index (Phi) is 3.85. The summed E-state index contributed by atoms with van der Waals surface area (Å²) in [7, 11) is 0. The van der Waals surface area contributed by atoms with E-state index in [1.807, 2.05) is 0 Å². The van der Waals surface area contributed by atoms with Crippen molar-refractivity contribution in [3.05, 3.63) is 35.4 Å². The van der Waals surface area contributed by atoms with Crippen LogP contribution >= 0.6 is 0 Å². The van der Waals surface area contributed by atoms with Gasteiger partial charge in [0, 0.05) is 25.2 Å². The lowest BCUT2D eigenvalue weighted by Gasteiger charge is -2.43. The van der Waals surface area contributed by atoms with Gasteiger partial charge in [-0.15, -0.1) is 0 Å². The van der Waals surface area contributed by atoms with Gasteiger partial charge in [0.2, 0.25) is 0 Å². The fourth-order valence-electron chi connectivity index (χ4n) is 3.72. The fraction of sp³-hybridized carbons (Fsp3) is 0.647. The van der Waals surface area contributed by atoms with Crippen LogP contribution in [0.1, 0.15) is 37.9 Å². The summed E-state index contributed by atoms with van der Waals surface area (Å²) in [5.41, 5.74) is 2.97. The first-order valence-corrected chi connectivity index (χ1v) is 7.80. The monoisotopic (exact) mass is 274 g/mol. The molecule has 0 saturated carbocycles. The average molecular weight is 274 g/mol. The van der Waals surface area contributed by atoms with E-state index in [9.17, 15) is 0 Å². The lowest BCUT2D eigenvalue weighted by molar-refractivity contribution is -0.0993. The highest BCUT2D eigenvalue weighted by atomic mass is 16.5. The maximum atomic E-state index is 5.87. The van der Waals surface area contributed by atoms with Crippen molar-refractivity contribution in [2.75, 3.05) is 26.2 Å². The molecular weight excluding hydrogens is 248 g/mol. The molecule has 2 unspecified atom stereocenters. The summed E-state index contributed by atoms with van der Waals surface area (Å²) in [5.74, 6) is 0. The lowest BCUT2D eigenvalue weighted by atomic mass is 10.0. The van der Waals surface area contributed by atoms with E-state index in [1.165, 1.54) is 11.1 Å². The topological polar surface area (TPSA) is 24.5 Å². The minimum Gasteiger partial charge on any atom is -0.373 e. The van der Waals surface area contributed by atoms with Gasteiger partial charge in [0.25, 0.3) is 0 Å². The standard InChI is InChI=1S/C17H26N2O/c1-4-18-16-14-8-6-5-7-13(14)11-15(16)19-9-10-20-17(2,3)12-19/h5-8,15-16,18H,4,9-12H2,1-3H3. The third-order valence-corrected chi connectivity index (χ3v) is 4.55. The van der Waals surface area contributed by atoms with Crippen LogP contribution in [0.25, 0.3) is 0 Å². The summed E-state index contributed by atoms with van der Waals surface area (Å²) in [4.78, 5) is 2.62. The van der Waals surface area contributed by atoms with Crippen molar-refractivity contribution < 1.29 is 4.74 Å². The molecule has 2 aliphatic rings. The molecule has 1 aliphatic carbocycles. The van der Waals surface area contributed by atoms with Gasteiger partial charge in [0.15, 0.2) is 0 Å². The number of likely N-dealkylation sites (N-methyl/N-ethyl adjacent to an activating group) is 1. The zero-order chi connectivity index (χ0) is 14.2. The zero-order valence-electron chi connectivity index (χ0n) is 12.9. The Hall–Kier alpha value is -0.900. The van der Waals surface area contributed by atoms with E-state index in [0.717, 1.165) is 32.7 Å². The third kappa shape index (κ3) is 2.62. The molecule has 2 atom stereocenters. The van der Waals surface area contributed by atoms with E-state index < -0.39 is 0 Å². The van der Waals surface area contributed by atoms with Gasteiger partial charge in [-0.3, -0.25) is 4.90 Å². The minimum absolute atomic E-state index is 0.0240. The van der Waals surface area contributed by atoms with Crippen LogP contribution < -0.4 is 5.32 Å². The summed E-state index contributed by atoms with van der Waals surface area (Å²) in [6.07, 6.45) is 1.16. The normalized spacial score (nSPS) is 29.4. The second-order valence-corrected chi connectivity index (χ2v) is 6.58. The molecule has 0 spiro atoms. The highest BCUT2D eigenvalue weighted by Gasteiger charge is 2.39. The number of hydrogen-bond acceptors (Lipinski definition) is 3. The Balaban J connectivity index is 1.83. The predicted octanol–water partition coefficient (Wildman–Crippen LogP) is 2.37. The Morgan fingerprint density at radius 3 is 2.90 bits per heavy atom. The van der Waals surface area contributed by atoms with Gasteiger partial charge < -0.3 is 10.1 Å². The van der Waals surface area contributed by atoms with Crippen molar-refractivity contribution in [1.29, 1.82) is 0 Å². The Morgan fingerprint density at radius 1 is 1.35 bits per heavy atom. The van der Waals surface area contributed by atoms with Gasteiger partial charge in [-0.1, -0.05) is 31.2 Å². The van der Waals surface area contributed by atoms with E-state index in [1.54, 1.807) is 0 Å². The fourth-order valence-corrected chi connectivity index (χ4v) is 3.72. The van der Waals surface area contributed by atoms with Crippen molar-refractivity contribution in [3.63, 3.8) is 0 Å². The first kappa shape index (κ1) is 14.1. The summed E-state index contributed by atoms with van der Waals surface area (Å²) in [6, 6.07) is 9.92. The first-order chi connectivity index (χ1) is 9.61. The molecule has 1 aromatic carbocycles. The third-order valence-electron chi connectivity index (χ3n) is 4.55. The number of benzene rings is 1. The molecular formula is C17H26N2O. The SMILES string of the molecule is CCNC1c2ccccc2CC1N1CCOC(C)(C)C1. The minimum atomic E-state index is -0.0240. The van der Waals surface area contributed by atoms with E-state index >= 15 is 0 Å². The maximum absolute atomic E-state index is 5.87. The molecule has 1 saturated heterocycles. The summed E-state index contributed by atoms with van der Waals surface area (Å²) in [5, 5.41) is 3.69. The molecule has 0 bridgehead atoms. The Morgan fingerprint density at radius 2 is 2.15 bits per heavy atom. The number of hydrogen-bond donors (Lipinski definition) is 1. The quantitative estimate of drug-likeness (QED) is 0.916. The van der Waals surface area contributed by atoms with Crippen LogP contribution in [0.3, 0.4) is 0 Å². The zero-order valence-corrected chi connectivity index (χ0v) is 12.9. The smallest absolute Gasteiger partial charge is 0.0753 e. The molecule has 1 heterocycles. The molecule has 20 heavy (non-hydrogen) atoms. The summed E-state index contributed by atoms with van der Waals surface area (Å²) >= 11 is 0. The van der Waals surface area contributed by atoms with Gasteiger partial charge in [0.05, 0.1) is 12.2 Å². The molecule has 0 aromatic heterocycles. The molecule has 0 radical (unpaired) electrons. The van der Waals surface area contributed by atoms with Crippen LogP contribution in [-0.2, 0) is 11.2 Å². The molecule has 1 aromatic rings. The van der Waals surface area contributed by atoms with Crippen LogP contribution in [0, 0.1) is 0 Å². The van der Waals surface area contributed by atoms with Crippen LogP contribution in [0.15, 0.2) is 24.3 Å². The number of morpholine rings is 1. The number of rotatable bonds is 3. The predicted molar refractivity (Wildman–Crippen MR) is 82.0 cm³/mol. The van der Waals surface area contributed by atoms with Crippen molar-refractivity contribution in [2.45, 2.75) is 44.9 Å². The molecule has 1 fully saturated rings. The van der Waals surface area contributed by atoms with Gasteiger partial charge in [-0.2, -0.15) is 0 Å². The molecule has 1 aliphatic heterocycles. The molecule has 0 amide bonds. The largest absolute Gasteiger partial charge is 0.373 e. The van der Waals surface area contributed by atoms with Crippen molar-refractivity contribution in [3.8, 4) is 0 Å². The Bertz CT molecular complexity index is 472. The average Bonchev–Trinajstić information content (AvgIpc) is 2.77. The molecule has 3 nitrogen and oxygen atoms in total. The lowest BCUT2D eigenvalue weighted by Crippen LogP contribution is -2.54. The highest BCUT2D eigenvalue weighted by molar-refractivity contribution is 5.37. The second kappa shape index (κ2) is 5.47. The number of ether oxygens (including phenoxy) is 1. The van der Waals surface area contributed by atoms with E-state index in [-0.39, 0.29) is 5.60 Å². The van der Waals surface area contributed by atoms with Crippen LogP contribution in [0.5, 0.6) is 0 Å². The van der Waals surface area contributed by atoms with E-state index in [0.29, 0.717) is 12.1 Å². The maximum Gasteiger partial charge on any atom is 0.0753 e. The number of nitrogens with one attached hydrogen (secondary N) is 1. The van der Waals surface area contributed by atoms with Crippen molar-refractivity contribution >= 4 is 0 Å². The van der Waals surface area contributed by atoms with Crippen LogP contribution in [-0.4, -0.2) is 42.8 Å². The molecule has 3 rings (SSSR count). The number of nitrogens with zero attached hydrogens (tertiary/aromatic N) is 1. The second-order valence-electron chi connectivity index (χ2n) is 6.58. The van der Waals surface area contributed by atoms with Crippen molar-refractivity contribution in [2.24, 2.45) is 0 Å². The summed E-state index contributed by atoms with van der Waals surface area (Å²) < 4.78 is 5.87. The number of fused-ring (bicyclic) bond motifs is 1. The molecule has 3 heteroatoms. The van der Waals surface area contributed by atoms with E-state index in [4.69, 9.17) is 4.74 Å².